The number of rotatable bonds is 7. The maximum atomic E-state index is 14.1. The molecular weight excluding hydrogens is 466 g/mol. The van der Waals surface area contributed by atoms with Crippen LogP contribution in [-0.2, 0) is 28.6 Å². The fourth-order valence-electron chi connectivity index (χ4n) is 6.22. The van der Waals surface area contributed by atoms with Crippen LogP contribution in [-0.4, -0.2) is 121 Å². The third-order valence-electron chi connectivity index (χ3n) is 8.03. The van der Waals surface area contributed by atoms with Gasteiger partial charge in [-0.05, 0) is 25.7 Å². The predicted octanol–water partition coefficient (Wildman–Crippen LogP) is -0.0365. The maximum absolute atomic E-state index is 14.1. The lowest BCUT2D eigenvalue weighted by atomic mass is 9.78. The van der Waals surface area contributed by atoms with Crippen LogP contribution in [0.2, 0.25) is 0 Å². The number of nitrogens with zero attached hydrogens (tertiary/aromatic N) is 3. The molecule has 5 atom stereocenters. The smallest absolute Gasteiger partial charge is 0.312 e. The number of amides is 2. The fraction of sp³-hybridized carbons (Fsp3) is 0.731. The minimum atomic E-state index is -1.22. The van der Waals surface area contributed by atoms with Gasteiger partial charge < -0.3 is 29.1 Å². The highest BCUT2D eigenvalue weighted by Gasteiger charge is 2.71. The molecule has 5 aliphatic rings. The molecule has 0 bridgehead atoms. The van der Waals surface area contributed by atoms with Gasteiger partial charge in [-0.1, -0.05) is 24.3 Å². The van der Waals surface area contributed by atoms with Crippen LogP contribution in [0.4, 0.5) is 0 Å². The van der Waals surface area contributed by atoms with Crippen LogP contribution in [0, 0.1) is 11.8 Å². The lowest BCUT2D eigenvalue weighted by molar-refractivity contribution is -0.154. The zero-order valence-corrected chi connectivity index (χ0v) is 20.8. The third-order valence-corrected chi connectivity index (χ3v) is 8.03. The van der Waals surface area contributed by atoms with E-state index in [4.69, 9.17) is 14.2 Å². The van der Waals surface area contributed by atoms with Gasteiger partial charge in [0.1, 0.15) is 17.6 Å². The molecule has 0 aliphatic carbocycles. The molecule has 1 N–H and O–H groups in total. The maximum Gasteiger partial charge on any atom is 0.312 e. The molecular formula is C26H37N3O7. The Morgan fingerprint density at radius 2 is 1.83 bits per heavy atom. The Balaban J connectivity index is 1.45. The van der Waals surface area contributed by atoms with E-state index in [2.05, 4.69) is 4.90 Å². The summed E-state index contributed by atoms with van der Waals surface area (Å²) in [5.41, 5.74) is -1.22. The Kier molecular flexibility index (Phi) is 7.76. The fourth-order valence-corrected chi connectivity index (χ4v) is 6.22. The van der Waals surface area contributed by atoms with E-state index in [1.165, 1.54) is 0 Å². The molecule has 0 aromatic carbocycles. The Labute approximate surface area is 211 Å². The highest BCUT2D eigenvalue weighted by molar-refractivity contribution is 5.99. The molecule has 1 spiro atoms. The Morgan fingerprint density at radius 3 is 2.64 bits per heavy atom. The summed E-state index contributed by atoms with van der Waals surface area (Å²) in [6, 6.07) is -0.853. The molecule has 10 heteroatoms. The van der Waals surface area contributed by atoms with Crippen molar-refractivity contribution in [1.29, 1.82) is 0 Å². The monoisotopic (exact) mass is 503 g/mol. The summed E-state index contributed by atoms with van der Waals surface area (Å²) in [6.45, 7) is 5.37. The van der Waals surface area contributed by atoms with Gasteiger partial charge in [-0.15, -0.1) is 0 Å². The minimum absolute atomic E-state index is 0.0130. The molecule has 36 heavy (non-hydrogen) atoms. The normalized spacial score (nSPS) is 35.9. The van der Waals surface area contributed by atoms with Crippen molar-refractivity contribution in [1.82, 2.24) is 14.7 Å². The number of esters is 1. The molecule has 10 nitrogen and oxygen atoms in total. The number of cyclic esters (lactones) is 1. The second-order valence-corrected chi connectivity index (χ2v) is 10.2. The standard InChI is InChI=1S/C26H37N3O7/c30-15-4-3-10-29-22-24(32)28(12-11-27-13-17-34-18-14-27)9-6-8-26(22)21(23(29)31)20-19(36-26)7-2-1-5-16-35-25(20)33/h2,6-8,19-22,30H,1,3-5,9-18H2/b7-2-/t19-,20+,21-,22?,26-/m0/s1. The second-order valence-electron chi connectivity index (χ2n) is 10.2. The number of aliphatic hydroxyl groups excluding tert-OH is 1. The molecule has 0 aromatic heterocycles. The van der Waals surface area contributed by atoms with Gasteiger partial charge >= 0.3 is 5.97 Å². The molecule has 5 aliphatic heterocycles. The first-order valence-corrected chi connectivity index (χ1v) is 13.3. The van der Waals surface area contributed by atoms with Crippen molar-refractivity contribution >= 4 is 17.8 Å². The molecule has 0 saturated carbocycles. The summed E-state index contributed by atoms with van der Waals surface area (Å²) in [6.07, 6.45) is 9.56. The molecule has 198 valence electrons. The minimum Gasteiger partial charge on any atom is -0.465 e. The summed E-state index contributed by atoms with van der Waals surface area (Å²) >= 11 is 0. The Hall–Kier alpha value is -2.27. The largest absolute Gasteiger partial charge is 0.465 e. The Morgan fingerprint density at radius 1 is 1.00 bits per heavy atom. The van der Waals surface area contributed by atoms with Gasteiger partial charge in [-0.3, -0.25) is 19.3 Å². The summed E-state index contributed by atoms with van der Waals surface area (Å²) in [4.78, 5) is 46.8. The molecule has 5 rings (SSSR count). The molecule has 3 fully saturated rings. The number of aliphatic hydroxyl groups is 1. The molecule has 0 aromatic rings. The van der Waals surface area contributed by atoms with Gasteiger partial charge in [0.2, 0.25) is 11.8 Å². The summed E-state index contributed by atoms with van der Waals surface area (Å²) in [5, 5.41) is 9.31. The lowest BCUT2D eigenvalue weighted by Crippen LogP contribution is -2.56. The highest BCUT2D eigenvalue weighted by Crippen LogP contribution is 2.53. The van der Waals surface area contributed by atoms with Crippen LogP contribution >= 0.6 is 0 Å². The SMILES string of the molecule is O=C1OCCC/C=C\[C@@H]2O[C@]34C=CCN(CCN5CCOCC5)C(=O)C3N(CCCCO)C(=O)[C@@H]4[C@H]12. The van der Waals surface area contributed by atoms with E-state index in [0.29, 0.717) is 52.3 Å². The number of hydrogen-bond donors (Lipinski definition) is 1. The van der Waals surface area contributed by atoms with Crippen LogP contribution in [0.15, 0.2) is 24.3 Å². The number of fused-ring (bicyclic) bond motifs is 2. The summed E-state index contributed by atoms with van der Waals surface area (Å²) < 4.78 is 17.5. The predicted molar refractivity (Wildman–Crippen MR) is 129 cm³/mol. The van der Waals surface area contributed by atoms with E-state index in [9.17, 15) is 19.5 Å². The number of carbonyl (C=O) groups is 3. The van der Waals surface area contributed by atoms with Crippen molar-refractivity contribution < 1.29 is 33.7 Å². The summed E-state index contributed by atoms with van der Waals surface area (Å²) in [5.74, 6) is -2.46. The summed E-state index contributed by atoms with van der Waals surface area (Å²) in [7, 11) is 0. The van der Waals surface area contributed by atoms with Crippen molar-refractivity contribution in [2.75, 3.05) is 65.7 Å². The Bertz CT molecular complexity index is 902. The topological polar surface area (TPSA) is 109 Å². The number of hydrogen-bond acceptors (Lipinski definition) is 8. The molecule has 5 heterocycles. The van der Waals surface area contributed by atoms with Crippen molar-refractivity contribution in [3.8, 4) is 0 Å². The van der Waals surface area contributed by atoms with Gasteiger partial charge in [0.25, 0.3) is 0 Å². The highest BCUT2D eigenvalue weighted by atomic mass is 16.6. The van der Waals surface area contributed by atoms with Crippen molar-refractivity contribution in [3.05, 3.63) is 24.3 Å². The van der Waals surface area contributed by atoms with Gasteiger partial charge in [0.15, 0.2) is 0 Å². The first kappa shape index (κ1) is 25.4. The average Bonchev–Trinajstić information content (AvgIpc) is 3.29. The van der Waals surface area contributed by atoms with E-state index in [1.54, 1.807) is 9.80 Å². The van der Waals surface area contributed by atoms with E-state index < -0.39 is 35.6 Å². The van der Waals surface area contributed by atoms with Crippen molar-refractivity contribution in [3.63, 3.8) is 0 Å². The number of likely N-dealkylation sites (tertiary alicyclic amines) is 1. The van der Waals surface area contributed by atoms with Gasteiger partial charge in [0, 0.05) is 45.9 Å². The number of allylic oxidation sites excluding steroid dienone is 1. The average molecular weight is 504 g/mol. The number of carbonyl (C=O) groups excluding carboxylic acids is 3. The van der Waals surface area contributed by atoms with E-state index >= 15 is 0 Å². The van der Waals surface area contributed by atoms with E-state index in [0.717, 1.165) is 32.5 Å². The van der Waals surface area contributed by atoms with Crippen LogP contribution in [0.1, 0.15) is 25.7 Å². The lowest BCUT2D eigenvalue weighted by Gasteiger charge is -2.36. The van der Waals surface area contributed by atoms with E-state index in [1.807, 2.05) is 24.3 Å². The van der Waals surface area contributed by atoms with Crippen molar-refractivity contribution in [2.45, 2.75) is 43.4 Å². The number of ether oxygens (including phenoxy) is 3. The quantitative estimate of drug-likeness (QED) is 0.293. The van der Waals surface area contributed by atoms with Gasteiger partial charge in [-0.25, -0.2) is 0 Å². The first-order chi connectivity index (χ1) is 17.6. The molecule has 2 amide bonds. The van der Waals surface area contributed by atoms with Crippen LogP contribution < -0.4 is 0 Å². The van der Waals surface area contributed by atoms with Gasteiger partial charge in [0.05, 0.1) is 31.8 Å². The van der Waals surface area contributed by atoms with Gasteiger partial charge in [-0.2, -0.15) is 0 Å². The zero-order chi connectivity index (χ0) is 25.1. The van der Waals surface area contributed by atoms with Crippen LogP contribution in [0.25, 0.3) is 0 Å². The first-order valence-electron chi connectivity index (χ1n) is 13.3. The third kappa shape index (κ3) is 4.60. The number of morpholine rings is 1. The zero-order valence-electron chi connectivity index (χ0n) is 20.8. The molecule has 1 unspecified atom stereocenters. The number of unbranched alkanes of at least 4 members (excludes halogenated alkanes) is 1. The second kappa shape index (κ2) is 11.0. The van der Waals surface area contributed by atoms with E-state index in [-0.39, 0.29) is 18.4 Å². The van der Waals surface area contributed by atoms with Crippen LogP contribution in [0.3, 0.4) is 0 Å². The van der Waals surface area contributed by atoms with Crippen LogP contribution in [0.5, 0.6) is 0 Å². The van der Waals surface area contributed by atoms with Crippen molar-refractivity contribution in [2.24, 2.45) is 11.8 Å². The molecule has 3 saturated heterocycles. The molecule has 0 radical (unpaired) electrons.